The zero-order chi connectivity index (χ0) is 10.7. The molecule has 78 valence electrons. The van der Waals surface area contributed by atoms with Gasteiger partial charge in [-0.2, -0.15) is 0 Å². The molecule has 1 aromatic rings. The Hall–Kier alpha value is -0.770. The molecule has 0 heterocycles. The maximum absolute atomic E-state index is 9.60. The highest BCUT2D eigenvalue weighted by molar-refractivity contribution is 6.31. The maximum atomic E-state index is 9.60. The minimum Gasteiger partial charge on any atom is -0.508 e. The Labute approximate surface area is 88.4 Å². The van der Waals surface area contributed by atoms with Crippen LogP contribution in [-0.2, 0) is 11.4 Å². The van der Waals surface area contributed by atoms with Gasteiger partial charge in [-0.1, -0.05) is 25.4 Å². The van der Waals surface area contributed by atoms with Crippen molar-refractivity contribution in [3.05, 3.63) is 28.3 Å². The molecular weight excluding hydrogens is 202 g/mol. The number of nitrogens with two attached hydrogens (primary N) is 1. The topological polar surface area (TPSA) is 55.5 Å². The molecule has 0 aliphatic heterocycles. The van der Waals surface area contributed by atoms with Crippen molar-refractivity contribution < 1.29 is 9.94 Å². The minimum atomic E-state index is 0.157. The van der Waals surface area contributed by atoms with Crippen LogP contribution in [0.3, 0.4) is 0 Å². The molecule has 1 rings (SSSR count). The highest BCUT2D eigenvalue weighted by Gasteiger charge is 2.10. The quantitative estimate of drug-likeness (QED) is 0.762. The average molecular weight is 216 g/mol. The molecule has 0 spiro atoms. The normalized spacial score (nSPS) is 10.9. The SMILES string of the molecule is CC(C)c1cc(O)c(CON)cc1Cl. The first-order valence-corrected chi connectivity index (χ1v) is 4.77. The van der Waals surface area contributed by atoms with Crippen molar-refractivity contribution >= 4 is 11.6 Å². The summed E-state index contributed by atoms with van der Waals surface area (Å²) in [5.74, 6) is 5.37. The molecule has 0 saturated carbocycles. The summed E-state index contributed by atoms with van der Waals surface area (Å²) in [4.78, 5) is 4.45. The first-order chi connectivity index (χ1) is 6.56. The number of hydrogen-bond acceptors (Lipinski definition) is 3. The van der Waals surface area contributed by atoms with E-state index in [4.69, 9.17) is 17.5 Å². The van der Waals surface area contributed by atoms with E-state index < -0.39 is 0 Å². The average Bonchev–Trinajstić information content (AvgIpc) is 2.10. The molecule has 3 N–H and O–H groups in total. The summed E-state index contributed by atoms with van der Waals surface area (Å²) >= 11 is 6.02. The monoisotopic (exact) mass is 215 g/mol. The van der Waals surface area contributed by atoms with Crippen LogP contribution in [0.2, 0.25) is 5.02 Å². The van der Waals surface area contributed by atoms with E-state index in [9.17, 15) is 5.11 Å². The number of rotatable bonds is 3. The molecule has 0 saturated heterocycles. The van der Waals surface area contributed by atoms with Crippen molar-refractivity contribution in [1.29, 1.82) is 0 Å². The lowest BCUT2D eigenvalue weighted by atomic mass is 10.0. The Bertz CT molecular complexity index is 326. The molecule has 0 radical (unpaired) electrons. The van der Waals surface area contributed by atoms with E-state index in [2.05, 4.69) is 4.84 Å². The van der Waals surface area contributed by atoms with Crippen LogP contribution in [0.5, 0.6) is 5.75 Å². The summed E-state index contributed by atoms with van der Waals surface area (Å²) in [6.45, 7) is 4.18. The van der Waals surface area contributed by atoms with Crippen molar-refractivity contribution in [2.45, 2.75) is 26.4 Å². The van der Waals surface area contributed by atoms with Gasteiger partial charge in [-0.15, -0.1) is 0 Å². The molecular formula is C10H14ClNO2. The highest BCUT2D eigenvalue weighted by Crippen LogP contribution is 2.31. The van der Waals surface area contributed by atoms with E-state index in [1.807, 2.05) is 13.8 Å². The largest absolute Gasteiger partial charge is 0.508 e. The van der Waals surface area contributed by atoms with Gasteiger partial charge < -0.3 is 5.11 Å². The van der Waals surface area contributed by atoms with Crippen LogP contribution in [0.1, 0.15) is 30.9 Å². The van der Waals surface area contributed by atoms with Gasteiger partial charge in [0.2, 0.25) is 0 Å². The number of aromatic hydroxyl groups is 1. The summed E-state index contributed by atoms with van der Waals surface area (Å²) in [7, 11) is 0. The molecule has 4 heteroatoms. The Morgan fingerprint density at radius 3 is 2.64 bits per heavy atom. The van der Waals surface area contributed by atoms with Crippen molar-refractivity contribution in [1.82, 2.24) is 0 Å². The fourth-order valence-electron chi connectivity index (χ4n) is 1.27. The van der Waals surface area contributed by atoms with E-state index in [0.717, 1.165) is 5.56 Å². The lowest BCUT2D eigenvalue weighted by molar-refractivity contribution is 0.122. The van der Waals surface area contributed by atoms with Gasteiger partial charge in [0.05, 0.1) is 6.61 Å². The fraction of sp³-hybridized carbons (Fsp3) is 0.400. The lowest BCUT2D eigenvalue weighted by Gasteiger charge is -2.11. The predicted molar refractivity (Wildman–Crippen MR) is 56.2 cm³/mol. The van der Waals surface area contributed by atoms with Gasteiger partial charge in [0.1, 0.15) is 5.75 Å². The molecule has 0 aliphatic rings. The Kier molecular flexibility index (Phi) is 3.75. The maximum Gasteiger partial charge on any atom is 0.121 e. The van der Waals surface area contributed by atoms with Crippen LogP contribution in [0.15, 0.2) is 12.1 Å². The molecule has 0 aliphatic carbocycles. The molecule has 0 unspecified atom stereocenters. The van der Waals surface area contributed by atoms with Crippen molar-refractivity contribution in [3.63, 3.8) is 0 Å². The summed E-state index contributed by atoms with van der Waals surface area (Å²) < 4.78 is 0. The van der Waals surface area contributed by atoms with Gasteiger partial charge in [-0.3, -0.25) is 4.84 Å². The van der Waals surface area contributed by atoms with Crippen LogP contribution >= 0.6 is 11.6 Å². The second-order valence-electron chi connectivity index (χ2n) is 3.47. The molecule has 0 aromatic heterocycles. The van der Waals surface area contributed by atoms with Crippen LogP contribution in [-0.4, -0.2) is 5.11 Å². The summed E-state index contributed by atoms with van der Waals surface area (Å²) in [6, 6.07) is 3.33. The number of hydrogen-bond donors (Lipinski definition) is 2. The van der Waals surface area contributed by atoms with Crippen LogP contribution in [0.25, 0.3) is 0 Å². The molecule has 0 amide bonds. The fourth-order valence-corrected chi connectivity index (χ4v) is 1.67. The summed E-state index contributed by atoms with van der Waals surface area (Å²) in [5.41, 5.74) is 1.52. The van der Waals surface area contributed by atoms with Gasteiger partial charge in [0, 0.05) is 10.6 Å². The Balaban J connectivity index is 3.10. The number of phenolic OH excluding ortho intramolecular Hbond substituents is 1. The highest BCUT2D eigenvalue weighted by atomic mass is 35.5. The third-order valence-electron chi connectivity index (χ3n) is 2.06. The van der Waals surface area contributed by atoms with Crippen molar-refractivity contribution in [2.24, 2.45) is 5.90 Å². The molecule has 0 fully saturated rings. The van der Waals surface area contributed by atoms with Crippen molar-refractivity contribution in [2.75, 3.05) is 0 Å². The van der Waals surface area contributed by atoms with Crippen LogP contribution < -0.4 is 5.90 Å². The number of phenols is 1. The standard InChI is InChI=1S/C10H14ClNO2/c1-6(2)8-4-10(13)7(5-14-12)3-9(8)11/h3-4,6,13H,5,12H2,1-2H3. The smallest absolute Gasteiger partial charge is 0.121 e. The molecule has 0 bridgehead atoms. The van der Waals surface area contributed by atoms with Crippen LogP contribution in [0.4, 0.5) is 0 Å². The second-order valence-corrected chi connectivity index (χ2v) is 3.88. The van der Waals surface area contributed by atoms with Gasteiger partial charge in [0.25, 0.3) is 0 Å². The molecule has 0 atom stereocenters. The Morgan fingerprint density at radius 2 is 2.14 bits per heavy atom. The number of benzene rings is 1. The zero-order valence-electron chi connectivity index (χ0n) is 8.25. The molecule has 1 aromatic carbocycles. The van der Waals surface area contributed by atoms with E-state index in [1.165, 1.54) is 0 Å². The van der Waals surface area contributed by atoms with Gasteiger partial charge in [-0.05, 0) is 23.6 Å². The van der Waals surface area contributed by atoms with Gasteiger partial charge in [-0.25, -0.2) is 5.90 Å². The summed E-state index contributed by atoms with van der Waals surface area (Å²) in [5, 5.41) is 10.2. The third kappa shape index (κ3) is 2.38. The second kappa shape index (κ2) is 4.64. The third-order valence-corrected chi connectivity index (χ3v) is 2.39. The number of halogens is 1. The first kappa shape index (κ1) is 11.3. The zero-order valence-corrected chi connectivity index (χ0v) is 9.01. The van der Waals surface area contributed by atoms with Crippen LogP contribution in [0, 0.1) is 0 Å². The van der Waals surface area contributed by atoms with E-state index >= 15 is 0 Å². The Morgan fingerprint density at radius 1 is 1.50 bits per heavy atom. The lowest BCUT2D eigenvalue weighted by Crippen LogP contribution is -2.00. The first-order valence-electron chi connectivity index (χ1n) is 4.39. The summed E-state index contributed by atoms with van der Waals surface area (Å²) in [6.07, 6.45) is 0. The van der Waals surface area contributed by atoms with E-state index in [-0.39, 0.29) is 18.3 Å². The van der Waals surface area contributed by atoms with Gasteiger partial charge in [0.15, 0.2) is 0 Å². The van der Waals surface area contributed by atoms with Gasteiger partial charge >= 0.3 is 0 Å². The van der Waals surface area contributed by atoms with E-state index in [1.54, 1.807) is 12.1 Å². The van der Waals surface area contributed by atoms with E-state index in [0.29, 0.717) is 10.6 Å². The minimum absolute atomic E-state index is 0.157. The molecule has 3 nitrogen and oxygen atoms in total. The molecule has 14 heavy (non-hydrogen) atoms. The predicted octanol–water partition coefficient (Wildman–Crippen LogP) is 2.56. The van der Waals surface area contributed by atoms with Crippen molar-refractivity contribution in [3.8, 4) is 5.75 Å².